The van der Waals surface area contributed by atoms with Gasteiger partial charge >= 0.3 is 0 Å². The molecule has 1 heterocycles. The molecule has 4 rings (SSSR count). The minimum Gasteiger partial charge on any atom is -0.299 e. The van der Waals surface area contributed by atoms with Gasteiger partial charge in [-0.3, -0.25) is 20.2 Å². The third-order valence-corrected chi connectivity index (χ3v) is 7.98. The highest BCUT2D eigenvalue weighted by atomic mass is 32.2. The fourth-order valence-corrected chi connectivity index (χ4v) is 5.35. The molecule has 7 nitrogen and oxygen atoms in total. The average molecular weight is 425 g/mol. The van der Waals surface area contributed by atoms with Crippen LogP contribution in [0.5, 0.6) is 0 Å². The Kier molecular flexibility index (Phi) is 5.13. The van der Waals surface area contributed by atoms with E-state index in [0.717, 1.165) is 24.1 Å². The van der Waals surface area contributed by atoms with E-state index in [-0.39, 0.29) is 22.4 Å². The van der Waals surface area contributed by atoms with Crippen molar-refractivity contribution in [2.75, 3.05) is 0 Å². The number of nitrogens with one attached hydrogen (secondary N) is 1. The van der Waals surface area contributed by atoms with Gasteiger partial charge in [-0.25, -0.2) is 0 Å². The van der Waals surface area contributed by atoms with Crippen molar-refractivity contribution < 1.29 is 9.72 Å². The number of rotatable bonds is 4. The topological polar surface area (TPSA) is 97.0 Å². The van der Waals surface area contributed by atoms with E-state index < -0.39 is 4.92 Å². The summed E-state index contributed by atoms with van der Waals surface area (Å²) >= 11 is 1.27. The number of carbonyl (C=O) groups is 1. The van der Waals surface area contributed by atoms with E-state index in [9.17, 15) is 14.9 Å². The number of amidine groups is 1. The fourth-order valence-electron chi connectivity index (χ4n) is 4.63. The maximum Gasteiger partial charge on any atom is 0.269 e. The second kappa shape index (κ2) is 7.50. The summed E-state index contributed by atoms with van der Waals surface area (Å²) in [6, 6.07) is 6.22. The molecule has 0 spiro atoms. The summed E-state index contributed by atoms with van der Waals surface area (Å²) in [6.07, 6.45) is 8.62. The maximum absolute atomic E-state index is 12.2. The van der Waals surface area contributed by atoms with Crippen LogP contribution in [0.25, 0.3) is 6.08 Å². The Morgan fingerprint density at radius 1 is 1.23 bits per heavy atom. The van der Waals surface area contributed by atoms with Crippen LogP contribution in [-0.4, -0.2) is 21.7 Å². The van der Waals surface area contributed by atoms with Gasteiger partial charge in [0.05, 0.1) is 9.83 Å². The van der Waals surface area contributed by atoms with Crippen LogP contribution in [0, 0.1) is 26.9 Å². The molecule has 3 fully saturated rings. The van der Waals surface area contributed by atoms with Gasteiger partial charge in [0.15, 0.2) is 5.17 Å². The first kappa shape index (κ1) is 20.5. The number of fused-ring (bicyclic) bond motifs is 2. The summed E-state index contributed by atoms with van der Waals surface area (Å²) in [7, 11) is 0. The lowest BCUT2D eigenvalue weighted by atomic mass is 9.70. The molecule has 2 saturated carbocycles. The summed E-state index contributed by atoms with van der Waals surface area (Å²) in [4.78, 5) is 23.0. The van der Waals surface area contributed by atoms with Gasteiger partial charge in [0.1, 0.15) is 0 Å². The Bertz CT molecular complexity index is 1020. The van der Waals surface area contributed by atoms with Crippen LogP contribution < -0.4 is 5.32 Å². The van der Waals surface area contributed by atoms with Gasteiger partial charge in [-0.2, -0.15) is 5.10 Å². The number of nitro groups is 1. The summed E-state index contributed by atoms with van der Waals surface area (Å²) < 4.78 is 0. The van der Waals surface area contributed by atoms with Crippen LogP contribution in [0.15, 0.2) is 51.5 Å². The number of allylic oxidation sites excluding steroid dienone is 2. The quantitative estimate of drug-likeness (QED) is 0.422. The lowest BCUT2D eigenvalue weighted by Crippen LogP contribution is -2.32. The van der Waals surface area contributed by atoms with Crippen molar-refractivity contribution in [2.24, 2.45) is 27.0 Å². The number of amides is 1. The molecule has 8 heteroatoms. The zero-order valence-corrected chi connectivity index (χ0v) is 18.0. The molecule has 1 aromatic rings. The second-order valence-corrected chi connectivity index (χ2v) is 9.77. The van der Waals surface area contributed by atoms with Gasteiger partial charge in [-0.05, 0) is 66.1 Å². The molecule has 2 atom stereocenters. The van der Waals surface area contributed by atoms with Gasteiger partial charge in [0.2, 0.25) is 0 Å². The summed E-state index contributed by atoms with van der Waals surface area (Å²) in [5, 5.41) is 22.8. The van der Waals surface area contributed by atoms with Gasteiger partial charge in [0.25, 0.3) is 11.6 Å². The number of hydrogen-bond donors (Lipinski definition) is 1. The molecule has 2 aliphatic carbocycles. The van der Waals surface area contributed by atoms with Crippen molar-refractivity contribution in [3.05, 3.63) is 57.0 Å². The second-order valence-electron chi connectivity index (χ2n) is 8.74. The maximum atomic E-state index is 12.2. The highest BCUT2D eigenvalue weighted by molar-refractivity contribution is 8.18. The van der Waals surface area contributed by atoms with Crippen molar-refractivity contribution in [3.63, 3.8) is 0 Å². The molecule has 1 amide bonds. The van der Waals surface area contributed by atoms with Crippen LogP contribution in [0.2, 0.25) is 0 Å². The molecule has 1 aliphatic heterocycles. The highest BCUT2D eigenvalue weighted by Crippen LogP contribution is 2.64. The van der Waals surface area contributed by atoms with Crippen molar-refractivity contribution in [1.82, 2.24) is 5.32 Å². The van der Waals surface area contributed by atoms with E-state index in [0.29, 0.717) is 16.0 Å². The Morgan fingerprint density at radius 2 is 1.97 bits per heavy atom. The molecule has 1 N–H and O–H groups in total. The van der Waals surface area contributed by atoms with Crippen LogP contribution >= 0.6 is 11.8 Å². The van der Waals surface area contributed by atoms with Crippen molar-refractivity contribution >= 4 is 40.3 Å². The largest absolute Gasteiger partial charge is 0.299 e. The normalized spacial score (nSPS) is 31.4. The predicted octanol–water partition coefficient (Wildman–Crippen LogP) is 4.91. The molecule has 3 aliphatic rings. The molecule has 2 bridgehead atoms. The van der Waals surface area contributed by atoms with Gasteiger partial charge in [-0.15, -0.1) is 5.10 Å². The van der Waals surface area contributed by atoms with E-state index in [1.807, 2.05) is 0 Å². The lowest BCUT2D eigenvalue weighted by molar-refractivity contribution is -0.384. The highest BCUT2D eigenvalue weighted by Gasteiger charge is 2.60. The Labute approximate surface area is 179 Å². The molecule has 156 valence electrons. The smallest absolute Gasteiger partial charge is 0.269 e. The first-order valence-electron chi connectivity index (χ1n) is 9.98. The predicted molar refractivity (Wildman–Crippen MR) is 120 cm³/mol. The van der Waals surface area contributed by atoms with Crippen molar-refractivity contribution in [2.45, 2.75) is 40.0 Å². The van der Waals surface area contributed by atoms with E-state index in [2.05, 4.69) is 36.3 Å². The Morgan fingerprint density at radius 3 is 2.57 bits per heavy atom. The van der Waals surface area contributed by atoms with Gasteiger partial charge in [-0.1, -0.05) is 32.9 Å². The number of benzene rings is 1. The number of nitro benzene ring substituents is 1. The van der Waals surface area contributed by atoms with Gasteiger partial charge < -0.3 is 0 Å². The SMILES string of the molecule is CC1(C)[C@@H]2CC[C@]1(C)/C(=N\N=C1\NC(=O)/C(=C\C=C\c3ccc([N+](=O)[O-])cc3)S1)C2. The van der Waals surface area contributed by atoms with Crippen molar-refractivity contribution in [1.29, 1.82) is 0 Å². The average Bonchev–Trinajstić information content (AvgIpc) is 3.23. The number of non-ortho nitro benzene ring substituents is 1. The third-order valence-electron chi connectivity index (χ3n) is 7.06. The van der Waals surface area contributed by atoms with Crippen molar-refractivity contribution in [3.8, 4) is 0 Å². The molecule has 30 heavy (non-hydrogen) atoms. The van der Waals surface area contributed by atoms with E-state index in [4.69, 9.17) is 0 Å². The molecular formula is C22H24N4O3S. The molecule has 1 aromatic carbocycles. The van der Waals surface area contributed by atoms with Crippen LogP contribution in [0.4, 0.5) is 5.69 Å². The Balaban J connectivity index is 1.43. The van der Waals surface area contributed by atoms with E-state index in [1.165, 1.54) is 30.3 Å². The molecular weight excluding hydrogens is 400 g/mol. The summed E-state index contributed by atoms with van der Waals surface area (Å²) in [5.41, 5.74) is 2.33. The number of nitrogens with zero attached hydrogens (tertiary/aromatic N) is 3. The monoisotopic (exact) mass is 424 g/mol. The first-order valence-corrected chi connectivity index (χ1v) is 10.8. The zero-order valence-electron chi connectivity index (χ0n) is 17.2. The Hall–Kier alpha value is -2.74. The molecule has 0 aromatic heterocycles. The van der Waals surface area contributed by atoms with Gasteiger partial charge in [0, 0.05) is 23.3 Å². The van der Waals surface area contributed by atoms with Crippen LogP contribution in [-0.2, 0) is 4.79 Å². The number of carbonyl (C=O) groups excluding carboxylic acids is 1. The zero-order chi connectivity index (χ0) is 21.5. The number of thioether (sulfide) groups is 1. The fraction of sp³-hybridized carbons (Fsp3) is 0.409. The molecule has 0 unspecified atom stereocenters. The minimum absolute atomic E-state index is 0.0476. The first-order chi connectivity index (χ1) is 14.2. The minimum atomic E-state index is -0.433. The van der Waals surface area contributed by atoms with E-state index >= 15 is 0 Å². The number of hydrogen-bond acceptors (Lipinski definition) is 6. The van der Waals surface area contributed by atoms with E-state index in [1.54, 1.807) is 30.4 Å². The summed E-state index contributed by atoms with van der Waals surface area (Å²) in [6.45, 7) is 6.93. The molecule has 0 radical (unpaired) electrons. The standard InChI is InChI=1S/C22H24N4O3S/c1-21(2)15-11-12-22(21,3)18(13-15)24-25-20-23-19(27)17(30-20)6-4-5-14-7-9-16(10-8-14)26(28)29/h4-10,15H,11-13H2,1-3H3,(H,23,25,27)/b5-4+,17-6+,24-18-/t15-,22-/m1/s1. The van der Waals surface area contributed by atoms with Crippen LogP contribution in [0.3, 0.4) is 0 Å². The lowest BCUT2D eigenvalue weighted by Gasteiger charge is -2.34. The summed E-state index contributed by atoms with van der Waals surface area (Å²) in [5.74, 6) is 0.457. The third kappa shape index (κ3) is 3.49. The molecule has 1 saturated heterocycles. The van der Waals surface area contributed by atoms with Crippen LogP contribution in [0.1, 0.15) is 45.6 Å².